The van der Waals surface area contributed by atoms with Gasteiger partial charge in [-0.1, -0.05) is 0 Å². The van der Waals surface area contributed by atoms with Gasteiger partial charge in [0.2, 0.25) is 0 Å². The Labute approximate surface area is 99.9 Å². The van der Waals surface area contributed by atoms with Crippen LogP contribution in [0.25, 0.3) is 0 Å². The smallest absolute Gasteiger partial charge is 0.304 e. The van der Waals surface area contributed by atoms with Crippen molar-refractivity contribution in [3.63, 3.8) is 0 Å². The Kier molecular flexibility index (Phi) is 9.31. The molecule has 7 heteroatoms. The molecule has 2 N–H and O–H groups in total. The van der Waals surface area contributed by atoms with Crippen molar-refractivity contribution in [1.29, 1.82) is 0 Å². The van der Waals surface area contributed by atoms with Crippen LogP contribution in [0.1, 0.15) is 19.8 Å². The van der Waals surface area contributed by atoms with Gasteiger partial charge in [0.1, 0.15) is 13.5 Å². The van der Waals surface area contributed by atoms with Crippen LogP contribution in [-0.2, 0) is 19.1 Å². The highest BCUT2D eigenvalue weighted by Crippen LogP contribution is 1.96. The highest BCUT2D eigenvalue weighted by Gasteiger charge is 2.09. The van der Waals surface area contributed by atoms with Crippen LogP contribution in [0.3, 0.4) is 0 Å². The molecule has 0 spiro atoms. The van der Waals surface area contributed by atoms with Gasteiger partial charge in [0.15, 0.2) is 0 Å². The van der Waals surface area contributed by atoms with Crippen molar-refractivity contribution >= 4 is 11.9 Å². The minimum Gasteiger partial charge on any atom is -0.481 e. The summed E-state index contributed by atoms with van der Waals surface area (Å²) in [5.74, 6) is -1.84. The first-order valence-electron chi connectivity index (χ1n) is 5.37. The Hall–Kier alpha value is -1.18. The van der Waals surface area contributed by atoms with Gasteiger partial charge in [-0.25, -0.2) is 0 Å². The molecule has 17 heavy (non-hydrogen) atoms. The van der Waals surface area contributed by atoms with Crippen LogP contribution >= 0.6 is 0 Å². The summed E-state index contributed by atoms with van der Waals surface area (Å²) in [6.07, 6.45) is -0.0881. The van der Waals surface area contributed by atoms with E-state index in [2.05, 4.69) is 0 Å². The third kappa shape index (κ3) is 11.1. The van der Waals surface area contributed by atoms with E-state index in [1.54, 1.807) is 4.90 Å². The van der Waals surface area contributed by atoms with Crippen molar-refractivity contribution < 1.29 is 29.3 Å². The number of carboxylic acid groups (broad SMARTS) is 2. The first kappa shape index (κ1) is 15.8. The number of carboxylic acids is 2. The molecule has 0 amide bonds. The van der Waals surface area contributed by atoms with Crippen molar-refractivity contribution in [2.24, 2.45) is 0 Å². The highest BCUT2D eigenvalue weighted by atomic mass is 16.7. The quantitative estimate of drug-likeness (QED) is 0.399. The summed E-state index contributed by atoms with van der Waals surface area (Å²) < 4.78 is 10.1. The van der Waals surface area contributed by atoms with E-state index in [0.717, 1.165) is 0 Å². The largest absolute Gasteiger partial charge is 0.481 e. The third-order valence-corrected chi connectivity index (χ3v) is 1.93. The predicted molar refractivity (Wildman–Crippen MR) is 58.5 cm³/mol. The fraction of sp³-hybridized carbons (Fsp3) is 0.800. The monoisotopic (exact) mass is 249 g/mol. The van der Waals surface area contributed by atoms with Crippen molar-refractivity contribution in [1.82, 2.24) is 4.90 Å². The van der Waals surface area contributed by atoms with Crippen LogP contribution in [0.15, 0.2) is 0 Å². The Morgan fingerprint density at radius 1 is 1.06 bits per heavy atom. The van der Waals surface area contributed by atoms with Crippen molar-refractivity contribution in [3.8, 4) is 0 Å². The zero-order valence-electron chi connectivity index (χ0n) is 9.92. The molecule has 0 rings (SSSR count). The molecule has 0 aromatic heterocycles. The molecule has 7 nitrogen and oxygen atoms in total. The molecule has 0 aliphatic heterocycles. The van der Waals surface area contributed by atoms with Gasteiger partial charge in [-0.3, -0.25) is 14.5 Å². The first-order chi connectivity index (χ1) is 8.06. The summed E-state index contributed by atoms with van der Waals surface area (Å²) in [7, 11) is 0. The Balaban J connectivity index is 3.83. The van der Waals surface area contributed by atoms with Gasteiger partial charge >= 0.3 is 11.9 Å². The van der Waals surface area contributed by atoms with E-state index in [9.17, 15) is 9.59 Å². The number of hydrogen-bond donors (Lipinski definition) is 2. The lowest BCUT2D eigenvalue weighted by molar-refractivity contribution is -0.138. The van der Waals surface area contributed by atoms with Crippen LogP contribution < -0.4 is 0 Å². The van der Waals surface area contributed by atoms with E-state index in [0.29, 0.717) is 6.61 Å². The molecule has 0 radical (unpaired) electrons. The van der Waals surface area contributed by atoms with Gasteiger partial charge < -0.3 is 19.7 Å². The second-order valence-electron chi connectivity index (χ2n) is 3.35. The van der Waals surface area contributed by atoms with Crippen LogP contribution in [0.2, 0.25) is 0 Å². The minimum absolute atomic E-state index is 0.0440. The molecule has 0 aromatic carbocycles. The van der Waals surface area contributed by atoms with Crippen molar-refractivity contribution in [2.45, 2.75) is 19.8 Å². The Bertz CT molecular complexity index is 215. The van der Waals surface area contributed by atoms with Crippen molar-refractivity contribution in [2.75, 3.05) is 33.2 Å². The molecule has 0 aliphatic carbocycles. The van der Waals surface area contributed by atoms with E-state index in [1.807, 2.05) is 6.92 Å². The summed E-state index contributed by atoms with van der Waals surface area (Å²) in [6, 6.07) is 0. The summed E-state index contributed by atoms with van der Waals surface area (Å²) in [4.78, 5) is 22.4. The van der Waals surface area contributed by atoms with Gasteiger partial charge in [-0.05, 0) is 6.92 Å². The van der Waals surface area contributed by atoms with Gasteiger partial charge in [0.05, 0.1) is 12.8 Å². The molecule has 100 valence electrons. The van der Waals surface area contributed by atoms with Gasteiger partial charge in [0, 0.05) is 19.7 Å². The number of hydrogen-bond acceptors (Lipinski definition) is 5. The average Bonchev–Trinajstić information content (AvgIpc) is 2.26. The molecule has 0 saturated carbocycles. The molecule has 0 atom stereocenters. The van der Waals surface area contributed by atoms with Crippen LogP contribution in [0, 0.1) is 0 Å². The number of nitrogens with zero attached hydrogens (tertiary/aromatic N) is 1. The summed E-state index contributed by atoms with van der Waals surface area (Å²) in [5.41, 5.74) is 0. The number of aliphatic carboxylic acids is 2. The molecule has 0 saturated heterocycles. The first-order valence-corrected chi connectivity index (χ1v) is 5.37. The topological polar surface area (TPSA) is 96.3 Å². The highest BCUT2D eigenvalue weighted by molar-refractivity contribution is 5.67. The summed E-state index contributed by atoms with van der Waals surface area (Å²) >= 11 is 0. The van der Waals surface area contributed by atoms with E-state index in [1.165, 1.54) is 0 Å². The van der Waals surface area contributed by atoms with Crippen LogP contribution in [-0.4, -0.2) is 60.3 Å². The maximum atomic E-state index is 10.4. The molecule has 0 aromatic rings. The summed E-state index contributed by atoms with van der Waals surface area (Å²) in [6.45, 7) is 3.16. The maximum absolute atomic E-state index is 10.4. The fourth-order valence-corrected chi connectivity index (χ4v) is 1.06. The predicted octanol–water partition coefficient (Wildman–Crippen LogP) is 0.206. The van der Waals surface area contributed by atoms with E-state index in [-0.39, 0.29) is 39.5 Å². The zero-order valence-corrected chi connectivity index (χ0v) is 9.92. The van der Waals surface area contributed by atoms with E-state index < -0.39 is 11.9 Å². The molecule has 0 unspecified atom stereocenters. The molecular weight excluding hydrogens is 230 g/mol. The molecule has 0 heterocycles. The molecule has 0 aliphatic rings. The zero-order chi connectivity index (χ0) is 13.1. The third-order valence-electron chi connectivity index (χ3n) is 1.93. The Morgan fingerprint density at radius 2 is 1.59 bits per heavy atom. The number of carbonyl (C=O) groups is 2. The lowest BCUT2D eigenvalue weighted by Crippen LogP contribution is -2.31. The van der Waals surface area contributed by atoms with Crippen molar-refractivity contribution in [3.05, 3.63) is 0 Å². The second-order valence-corrected chi connectivity index (χ2v) is 3.35. The van der Waals surface area contributed by atoms with E-state index >= 15 is 0 Å². The lowest BCUT2D eigenvalue weighted by atomic mass is 10.3. The average molecular weight is 249 g/mol. The SMILES string of the molecule is CCOCOCN(CCC(=O)O)CCC(=O)O. The van der Waals surface area contributed by atoms with Crippen LogP contribution in [0.4, 0.5) is 0 Å². The molecular formula is C10H19NO6. The Morgan fingerprint density at radius 3 is 2.00 bits per heavy atom. The van der Waals surface area contributed by atoms with Gasteiger partial charge in [-0.2, -0.15) is 0 Å². The minimum atomic E-state index is -0.921. The van der Waals surface area contributed by atoms with Crippen LogP contribution in [0.5, 0.6) is 0 Å². The second kappa shape index (κ2) is 10.0. The number of ether oxygens (including phenoxy) is 2. The van der Waals surface area contributed by atoms with Gasteiger partial charge in [-0.15, -0.1) is 0 Å². The maximum Gasteiger partial charge on any atom is 0.304 e. The normalized spacial score (nSPS) is 10.7. The fourth-order valence-electron chi connectivity index (χ4n) is 1.06. The number of rotatable bonds is 11. The molecule has 0 bridgehead atoms. The lowest BCUT2D eigenvalue weighted by Gasteiger charge is -2.20. The standard InChI is InChI=1S/C10H19NO6/c1-2-16-8-17-7-11(5-3-9(12)13)6-4-10(14)15/h2-8H2,1H3,(H,12,13)(H,14,15). The van der Waals surface area contributed by atoms with E-state index in [4.69, 9.17) is 19.7 Å². The van der Waals surface area contributed by atoms with Gasteiger partial charge in [0.25, 0.3) is 0 Å². The molecule has 0 fully saturated rings. The summed E-state index contributed by atoms with van der Waals surface area (Å²) in [5, 5.41) is 17.1.